The second-order valence-corrected chi connectivity index (χ2v) is 9.60. The van der Waals surface area contributed by atoms with Crippen LogP contribution < -0.4 is 14.8 Å². The highest BCUT2D eigenvalue weighted by atomic mass is 16.5. The molecular weight excluding hydrogens is 460 g/mol. The average Bonchev–Trinajstić information content (AvgIpc) is 3.31. The molecule has 0 bridgehead atoms. The molecule has 9 heteroatoms. The summed E-state index contributed by atoms with van der Waals surface area (Å²) < 4.78 is 15.7. The molecular formula is C27H36N4O5. The minimum Gasteiger partial charge on any atom is -0.497 e. The van der Waals surface area contributed by atoms with Crippen LogP contribution in [0.15, 0.2) is 53.6 Å². The van der Waals surface area contributed by atoms with E-state index < -0.39 is 5.54 Å². The summed E-state index contributed by atoms with van der Waals surface area (Å²) in [5.74, 6) is 1.20. The Hall–Kier alpha value is -3.59. The van der Waals surface area contributed by atoms with E-state index in [1.54, 1.807) is 21.3 Å². The number of carbonyl (C=O) groups is 2. The van der Waals surface area contributed by atoms with Gasteiger partial charge in [0, 0.05) is 25.6 Å². The third-order valence-corrected chi connectivity index (χ3v) is 5.75. The molecule has 0 saturated heterocycles. The Balaban J connectivity index is 1.89. The maximum Gasteiger partial charge on any atom is 0.318 e. The van der Waals surface area contributed by atoms with Crippen molar-refractivity contribution in [3.05, 3.63) is 59.7 Å². The van der Waals surface area contributed by atoms with Crippen molar-refractivity contribution < 1.29 is 23.8 Å². The van der Waals surface area contributed by atoms with E-state index in [0.717, 1.165) is 28.3 Å². The Morgan fingerprint density at radius 2 is 1.58 bits per heavy atom. The molecule has 2 aromatic carbocycles. The number of amides is 3. The predicted molar refractivity (Wildman–Crippen MR) is 138 cm³/mol. The first-order valence-corrected chi connectivity index (χ1v) is 11.9. The van der Waals surface area contributed by atoms with Gasteiger partial charge in [-0.25, -0.2) is 9.80 Å². The molecule has 1 atom stereocenters. The summed E-state index contributed by atoms with van der Waals surface area (Å²) in [6, 6.07) is 14.6. The first-order valence-electron chi connectivity index (χ1n) is 11.9. The zero-order valence-electron chi connectivity index (χ0n) is 21.9. The molecule has 0 fully saturated rings. The molecule has 1 heterocycles. The average molecular weight is 497 g/mol. The first kappa shape index (κ1) is 27.0. The molecule has 2 aromatic rings. The maximum absolute atomic E-state index is 13.6. The van der Waals surface area contributed by atoms with Gasteiger partial charge in [-0.1, -0.05) is 12.1 Å². The fourth-order valence-corrected chi connectivity index (χ4v) is 3.87. The molecule has 3 rings (SSSR count). The second-order valence-electron chi connectivity index (χ2n) is 9.60. The standard InChI is InChI=1S/C27H36N4O5/c1-27(2,3)28-26(33)30(15-16-34-4)18-25(32)31-24(20-9-13-22(36-6)14-10-20)17-23(29-31)19-7-11-21(35-5)12-8-19/h7-14,24H,15-18H2,1-6H3,(H,28,33)/t24-/m0/s1. The number of urea groups is 1. The SMILES string of the molecule is COCCN(CC(=O)N1N=C(c2ccc(OC)cc2)C[C@H]1c1ccc(OC)cc1)C(=O)NC(C)(C)C. The lowest BCUT2D eigenvalue weighted by molar-refractivity contribution is -0.133. The van der Waals surface area contributed by atoms with Gasteiger partial charge in [0.1, 0.15) is 18.0 Å². The molecule has 3 amide bonds. The quantitative estimate of drug-likeness (QED) is 0.570. The molecule has 0 aromatic heterocycles. The van der Waals surface area contributed by atoms with Gasteiger partial charge in [-0.3, -0.25) is 4.79 Å². The zero-order valence-corrected chi connectivity index (χ0v) is 21.9. The van der Waals surface area contributed by atoms with Crippen LogP contribution in [0, 0.1) is 0 Å². The van der Waals surface area contributed by atoms with Gasteiger partial charge >= 0.3 is 6.03 Å². The third kappa shape index (κ3) is 6.97. The largest absolute Gasteiger partial charge is 0.497 e. The van der Waals surface area contributed by atoms with Crippen LogP contribution in [-0.2, 0) is 9.53 Å². The summed E-state index contributed by atoms with van der Waals surface area (Å²) in [5.41, 5.74) is 2.18. The number of ether oxygens (including phenoxy) is 3. The van der Waals surface area contributed by atoms with E-state index in [9.17, 15) is 9.59 Å². The molecule has 9 nitrogen and oxygen atoms in total. The molecule has 0 radical (unpaired) electrons. The Morgan fingerprint density at radius 1 is 1.00 bits per heavy atom. The van der Waals surface area contributed by atoms with Crippen LogP contribution in [0.4, 0.5) is 4.79 Å². The number of hydrazone groups is 1. The van der Waals surface area contributed by atoms with Crippen LogP contribution in [0.5, 0.6) is 11.5 Å². The van der Waals surface area contributed by atoms with Gasteiger partial charge in [-0.05, 0) is 68.3 Å². The summed E-state index contributed by atoms with van der Waals surface area (Å²) in [4.78, 5) is 28.0. The van der Waals surface area contributed by atoms with E-state index in [0.29, 0.717) is 13.0 Å². The van der Waals surface area contributed by atoms with Gasteiger partial charge in [0.05, 0.1) is 32.6 Å². The maximum atomic E-state index is 13.6. The lowest BCUT2D eigenvalue weighted by Crippen LogP contribution is -2.52. The third-order valence-electron chi connectivity index (χ3n) is 5.75. The molecule has 1 aliphatic heterocycles. The number of hydrogen-bond acceptors (Lipinski definition) is 6. The monoisotopic (exact) mass is 496 g/mol. The van der Waals surface area contributed by atoms with Gasteiger partial charge in [0.2, 0.25) is 0 Å². The van der Waals surface area contributed by atoms with Gasteiger partial charge < -0.3 is 24.4 Å². The molecule has 0 unspecified atom stereocenters. The lowest BCUT2D eigenvalue weighted by Gasteiger charge is -2.30. The Bertz CT molecular complexity index is 1060. The minimum atomic E-state index is -0.440. The topological polar surface area (TPSA) is 92.7 Å². The number of nitrogens with zero attached hydrogens (tertiary/aromatic N) is 3. The molecule has 1 N–H and O–H groups in total. The second kappa shape index (κ2) is 11.9. The summed E-state index contributed by atoms with van der Waals surface area (Å²) in [6.07, 6.45) is 0.538. The smallest absolute Gasteiger partial charge is 0.318 e. The van der Waals surface area contributed by atoms with Gasteiger partial charge in [-0.2, -0.15) is 5.10 Å². The first-order chi connectivity index (χ1) is 17.1. The number of hydrogen-bond donors (Lipinski definition) is 1. The van der Waals surface area contributed by atoms with Crippen molar-refractivity contribution in [2.24, 2.45) is 5.10 Å². The van der Waals surface area contributed by atoms with E-state index in [-0.39, 0.29) is 31.1 Å². The summed E-state index contributed by atoms with van der Waals surface area (Å²) >= 11 is 0. The van der Waals surface area contributed by atoms with Crippen LogP contribution in [0.1, 0.15) is 44.4 Å². The van der Waals surface area contributed by atoms with E-state index in [1.807, 2.05) is 69.3 Å². The highest BCUT2D eigenvalue weighted by molar-refractivity contribution is 6.03. The fraction of sp³-hybridized carbons (Fsp3) is 0.444. The van der Waals surface area contributed by atoms with Crippen molar-refractivity contribution >= 4 is 17.6 Å². The van der Waals surface area contributed by atoms with E-state index in [2.05, 4.69) is 5.32 Å². The highest BCUT2D eigenvalue weighted by Gasteiger charge is 2.34. The summed E-state index contributed by atoms with van der Waals surface area (Å²) in [7, 11) is 4.79. The lowest BCUT2D eigenvalue weighted by atomic mass is 9.98. The van der Waals surface area contributed by atoms with Gasteiger partial charge in [0.15, 0.2) is 0 Å². The molecule has 194 valence electrons. The van der Waals surface area contributed by atoms with Crippen LogP contribution >= 0.6 is 0 Å². The van der Waals surface area contributed by atoms with Crippen LogP contribution in [-0.4, -0.2) is 74.1 Å². The van der Waals surface area contributed by atoms with Crippen LogP contribution in [0.25, 0.3) is 0 Å². The Kier molecular flexibility index (Phi) is 8.93. The minimum absolute atomic E-state index is 0.128. The number of methoxy groups -OCH3 is 3. The fourth-order valence-electron chi connectivity index (χ4n) is 3.87. The summed E-state index contributed by atoms with van der Waals surface area (Å²) in [6.45, 7) is 6.15. The molecule has 1 aliphatic rings. The van der Waals surface area contributed by atoms with Crippen LogP contribution in [0.2, 0.25) is 0 Å². The van der Waals surface area contributed by atoms with Crippen molar-refractivity contribution in [3.8, 4) is 11.5 Å². The number of carbonyl (C=O) groups excluding carboxylic acids is 2. The van der Waals surface area contributed by atoms with Crippen molar-refractivity contribution in [2.75, 3.05) is 41.0 Å². The van der Waals surface area contributed by atoms with Gasteiger partial charge in [0.25, 0.3) is 5.91 Å². The zero-order chi connectivity index (χ0) is 26.3. The highest BCUT2D eigenvalue weighted by Crippen LogP contribution is 2.34. The van der Waals surface area contributed by atoms with Crippen molar-refractivity contribution in [3.63, 3.8) is 0 Å². The van der Waals surface area contributed by atoms with Crippen molar-refractivity contribution in [1.29, 1.82) is 0 Å². The number of nitrogens with one attached hydrogen (secondary N) is 1. The number of rotatable bonds is 9. The van der Waals surface area contributed by atoms with E-state index in [1.165, 1.54) is 9.91 Å². The Labute approximate surface area is 213 Å². The molecule has 0 saturated carbocycles. The van der Waals surface area contributed by atoms with E-state index >= 15 is 0 Å². The van der Waals surface area contributed by atoms with Crippen LogP contribution in [0.3, 0.4) is 0 Å². The molecule has 0 aliphatic carbocycles. The van der Waals surface area contributed by atoms with Gasteiger partial charge in [-0.15, -0.1) is 0 Å². The normalized spacial score (nSPS) is 15.3. The molecule has 36 heavy (non-hydrogen) atoms. The van der Waals surface area contributed by atoms with Crippen molar-refractivity contribution in [2.45, 2.75) is 38.8 Å². The molecule has 0 spiro atoms. The van der Waals surface area contributed by atoms with E-state index in [4.69, 9.17) is 19.3 Å². The predicted octanol–water partition coefficient (Wildman–Crippen LogP) is 3.84. The number of benzene rings is 2. The summed E-state index contributed by atoms with van der Waals surface area (Å²) in [5, 5.41) is 9.14. The Morgan fingerprint density at radius 3 is 2.11 bits per heavy atom. The van der Waals surface area contributed by atoms with Crippen molar-refractivity contribution in [1.82, 2.24) is 15.2 Å².